The van der Waals surface area contributed by atoms with E-state index in [1.807, 2.05) is 12.1 Å². The first kappa shape index (κ1) is 14.2. The standard InChI is InChI=1S/C15H19NO2S/c1-14(2)8-13(18)12(15(3,4)16-14)7-10-5-6-11(9-17)19-10/h5-7,9,16H,8H2,1-4H3/p+1/b12-7-. The van der Waals surface area contributed by atoms with Crippen molar-refractivity contribution in [3.63, 3.8) is 0 Å². The molecule has 0 saturated carbocycles. The number of hydrogen-bond donors (Lipinski definition) is 1. The maximum atomic E-state index is 12.4. The fourth-order valence-electron chi connectivity index (χ4n) is 2.89. The van der Waals surface area contributed by atoms with Gasteiger partial charge in [-0.05, 0) is 45.9 Å². The van der Waals surface area contributed by atoms with Crippen LogP contribution in [0.5, 0.6) is 0 Å². The number of aldehydes is 1. The van der Waals surface area contributed by atoms with Crippen LogP contribution < -0.4 is 5.32 Å². The minimum absolute atomic E-state index is 0.0542. The summed E-state index contributed by atoms with van der Waals surface area (Å²) >= 11 is 1.42. The van der Waals surface area contributed by atoms with Gasteiger partial charge in [-0.1, -0.05) is 0 Å². The lowest BCUT2D eigenvalue weighted by Crippen LogP contribution is -3.06. The van der Waals surface area contributed by atoms with E-state index in [2.05, 4.69) is 33.0 Å². The Morgan fingerprint density at radius 2 is 1.84 bits per heavy atom. The van der Waals surface area contributed by atoms with Crippen LogP contribution in [0.2, 0.25) is 0 Å². The highest BCUT2D eigenvalue weighted by atomic mass is 32.1. The molecule has 1 saturated heterocycles. The number of carbonyl (C=O) groups is 2. The van der Waals surface area contributed by atoms with Crippen LogP contribution in [0.4, 0.5) is 0 Å². The van der Waals surface area contributed by atoms with Gasteiger partial charge in [0.05, 0.1) is 22.4 Å². The molecule has 102 valence electrons. The van der Waals surface area contributed by atoms with E-state index >= 15 is 0 Å². The molecular formula is C15H20NO2S+. The van der Waals surface area contributed by atoms with Crippen LogP contribution in [0.1, 0.15) is 48.7 Å². The first-order valence-corrected chi connectivity index (χ1v) is 7.23. The molecule has 0 radical (unpaired) electrons. The third kappa shape index (κ3) is 3.01. The molecule has 4 heteroatoms. The van der Waals surface area contributed by atoms with Gasteiger partial charge in [-0.25, -0.2) is 0 Å². The topological polar surface area (TPSA) is 50.8 Å². The summed E-state index contributed by atoms with van der Waals surface area (Å²) in [4.78, 5) is 24.7. The van der Waals surface area contributed by atoms with Crippen LogP contribution in [0, 0.1) is 0 Å². The van der Waals surface area contributed by atoms with Gasteiger partial charge in [-0.15, -0.1) is 11.3 Å². The number of hydrogen-bond acceptors (Lipinski definition) is 3. The van der Waals surface area contributed by atoms with E-state index in [0.29, 0.717) is 11.3 Å². The van der Waals surface area contributed by atoms with Crippen LogP contribution in [0.3, 0.4) is 0 Å². The molecule has 1 aromatic rings. The van der Waals surface area contributed by atoms with Crippen LogP contribution in [0.15, 0.2) is 17.7 Å². The van der Waals surface area contributed by atoms with Crippen LogP contribution in [-0.4, -0.2) is 23.1 Å². The number of rotatable bonds is 2. The highest BCUT2D eigenvalue weighted by Crippen LogP contribution is 2.27. The minimum Gasteiger partial charge on any atom is -0.333 e. The summed E-state index contributed by atoms with van der Waals surface area (Å²) in [6, 6.07) is 3.68. The number of carbonyl (C=O) groups excluding carboxylic acids is 2. The van der Waals surface area contributed by atoms with Crippen molar-refractivity contribution < 1.29 is 14.9 Å². The lowest BCUT2D eigenvalue weighted by Gasteiger charge is -2.39. The van der Waals surface area contributed by atoms with Crippen molar-refractivity contribution in [2.24, 2.45) is 0 Å². The molecule has 1 aliphatic heterocycles. The molecule has 2 N–H and O–H groups in total. The minimum atomic E-state index is -0.232. The summed E-state index contributed by atoms with van der Waals surface area (Å²) in [5.74, 6) is 0.207. The monoisotopic (exact) mass is 278 g/mol. The molecule has 2 heterocycles. The van der Waals surface area contributed by atoms with E-state index in [1.54, 1.807) is 6.07 Å². The Bertz CT molecular complexity index is 552. The predicted octanol–water partition coefficient (Wildman–Crippen LogP) is 2.04. The molecule has 1 fully saturated rings. The number of Topliss-reactive ketones (excluding diaryl/α,β-unsaturated/α-hetero) is 1. The zero-order valence-electron chi connectivity index (χ0n) is 11.8. The van der Waals surface area contributed by atoms with Gasteiger partial charge >= 0.3 is 0 Å². The van der Waals surface area contributed by atoms with E-state index < -0.39 is 0 Å². The molecule has 2 rings (SSSR count). The second-order valence-electron chi connectivity index (χ2n) is 6.37. The smallest absolute Gasteiger partial charge is 0.171 e. The molecule has 0 amide bonds. The number of quaternary nitrogens is 1. The molecule has 1 aromatic heterocycles. The summed E-state index contributed by atoms with van der Waals surface area (Å²) in [5, 5.41) is 2.25. The fraction of sp³-hybridized carbons (Fsp3) is 0.467. The zero-order chi connectivity index (χ0) is 14.3. The van der Waals surface area contributed by atoms with Gasteiger partial charge in [-0.3, -0.25) is 9.59 Å². The Kier molecular flexibility index (Phi) is 3.49. The summed E-state index contributed by atoms with van der Waals surface area (Å²) in [5.41, 5.74) is 0.553. The Balaban J connectivity index is 2.37. The maximum Gasteiger partial charge on any atom is 0.171 e. The lowest BCUT2D eigenvalue weighted by molar-refractivity contribution is -0.772. The fourth-order valence-corrected chi connectivity index (χ4v) is 3.66. The van der Waals surface area contributed by atoms with Crippen molar-refractivity contribution in [3.05, 3.63) is 27.5 Å². The first-order valence-electron chi connectivity index (χ1n) is 6.41. The highest BCUT2D eigenvalue weighted by Gasteiger charge is 2.44. The number of thiophene rings is 1. The van der Waals surface area contributed by atoms with Crippen molar-refractivity contribution in [1.82, 2.24) is 0 Å². The molecular weight excluding hydrogens is 258 g/mol. The number of ketones is 1. The summed E-state index contributed by atoms with van der Waals surface area (Å²) in [6.45, 7) is 8.34. The van der Waals surface area contributed by atoms with Gasteiger partial charge in [0, 0.05) is 4.88 Å². The average molecular weight is 278 g/mol. The van der Waals surface area contributed by atoms with Crippen molar-refractivity contribution >= 4 is 29.5 Å². The summed E-state index contributed by atoms with van der Waals surface area (Å²) in [6.07, 6.45) is 3.33. The Labute approximate surface area is 117 Å². The Morgan fingerprint density at radius 3 is 2.37 bits per heavy atom. The largest absolute Gasteiger partial charge is 0.333 e. The summed E-state index contributed by atoms with van der Waals surface area (Å²) < 4.78 is 0. The Hall–Kier alpha value is -1.26. The molecule has 0 spiro atoms. The third-order valence-corrected chi connectivity index (χ3v) is 4.37. The molecule has 0 aromatic carbocycles. The Morgan fingerprint density at radius 1 is 1.21 bits per heavy atom. The number of piperidine rings is 1. The maximum absolute atomic E-state index is 12.4. The second kappa shape index (κ2) is 4.69. The van der Waals surface area contributed by atoms with Gasteiger partial charge in [0.1, 0.15) is 5.54 Å². The summed E-state index contributed by atoms with van der Waals surface area (Å²) in [7, 11) is 0. The zero-order valence-corrected chi connectivity index (χ0v) is 12.6. The van der Waals surface area contributed by atoms with Crippen molar-refractivity contribution in [2.45, 2.75) is 45.2 Å². The molecule has 0 unspecified atom stereocenters. The van der Waals surface area contributed by atoms with Crippen LogP contribution in [-0.2, 0) is 4.79 Å². The highest BCUT2D eigenvalue weighted by molar-refractivity contribution is 7.14. The average Bonchev–Trinajstić information content (AvgIpc) is 2.69. The van der Waals surface area contributed by atoms with Crippen LogP contribution >= 0.6 is 11.3 Å². The van der Waals surface area contributed by atoms with Gasteiger partial charge in [0.15, 0.2) is 12.1 Å². The molecule has 0 atom stereocenters. The van der Waals surface area contributed by atoms with E-state index in [9.17, 15) is 9.59 Å². The molecule has 3 nitrogen and oxygen atoms in total. The van der Waals surface area contributed by atoms with Gasteiger partial charge < -0.3 is 5.32 Å². The molecule has 0 aliphatic carbocycles. The normalized spacial score (nSPS) is 23.6. The van der Waals surface area contributed by atoms with E-state index in [-0.39, 0.29) is 16.9 Å². The van der Waals surface area contributed by atoms with Gasteiger partial charge in [0.2, 0.25) is 0 Å². The number of nitrogens with two attached hydrogens (primary N) is 1. The lowest BCUT2D eigenvalue weighted by atomic mass is 9.77. The molecule has 0 bridgehead atoms. The quantitative estimate of drug-likeness (QED) is 0.665. The van der Waals surface area contributed by atoms with Gasteiger partial charge in [0.25, 0.3) is 0 Å². The predicted molar refractivity (Wildman–Crippen MR) is 77.4 cm³/mol. The van der Waals surface area contributed by atoms with Crippen molar-refractivity contribution in [3.8, 4) is 0 Å². The van der Waals surface area contributed by atoms with E-state index in [0.717, 1.165) is 16.7 Å². The SMILES string of the molecule is CC1(C)CC(=O)/C(=C/c2ccc(C=O)s2)C(C)(C)[NH2+]1. The second-order valence-corrected chi connectivity index (χ2v) is 7.52. The van der Waals surface area contributed by atoms with Crippen molar-refractivity contribution in [1.29, 1.82) is 0 Å². The van der Waals surface area contributed by atoms with Crippen molar-refractivity contribution in [2.75, 3.05) is 0 Å². The van der Waals surface area contributed by atoms with E-state index in [4.69, 9.17) is 0 Å². The van der Waals surface area contributed by atoms with Crippen LogP contribution in [0.25, 0.3) is 6.08 Å². The van der Waals surface area contributed by atoms with E-state index in [1.165, 1.54) is 11.3 Å². The molecule has 1 aliphatic rings. The first-order chi connectivity index (χ1) is 8.73. The third-order valence-electron chi connectivity index (χ3n) is 3.41. The molecule has 19 heavy (non-hydrogen) atoms. The van der Waals surface area contributed by atoms with Gasteiger partial charge in [-0.2, -0.15) is 0 Å².